The summed E-state index contributed by atoms with van der Waals surface area (Å²) in [5.74, 6) is -1.77. The number of nitrogens with one attached hydrogen (secondary N) is 1. The van der Waals surface area contributed by atoms with Gasteiger partial charge in [-0.15, -0.1) is 0 Å². The number of phenolic OH excluding ortho intramolecular Hbond substituents is 2. The Morgan fingerprint density at radius 1 is 0.661 bits per heavy atom. The van der Waals surface area contributed by atoms with Crippen LogP contribution in [0.5, 0.6) is 11.5 Å². The lowest BCUT2D eigenvalue weighted by Gasteiger charge is -2.23. The zero-order valence-electron chi connectivity index (χ0n) is 31.2. The summed E-state index contributed by atoms with van der Waals surface area (Å²) >= 11 is 11.6. The lowest BCUT2D eigenvalue weighted by molar-refractivity contribution is 0.111. The number of pyridine rings is 4. The third-order valence-corrected chi connectivity index (χ3v) is 8.89. The highest BCUT2D eigenvalue weighted by Gasteiger charge is 2.24. The molecule has 15 heteroatoms. The van der Waals surface area contributed by atoms with Gasteiger partial charge in [0.15, 0.2) is 6.29 Å². The maximum absolute atomic E-state index is 14.7. The van der Waals surface area contributed by atoms with Crippen LogP contribution < -0.4 is 11.1 Å². The van der Waals surface area contributed by atoms with E-state index < -0.39 is 29.3 Å². The van der Waals surface area contributed by atoms with Gasteiger partial charge in [0.2, 0.25) is 0 Å². The number of hydrogen-bond acceptors (Lipinski definition) is 9. The van der Waals surface area contributed by atoms with Gasteiger partial charge in [-0.1, -0.05) is 65.7 Å². The quantitative estimate of drug-likeness (QED) is 0.0982. The van der Waals surface area contributed by atoms with Gasteiger partial charge in [0.05, 0.1) is 21.7 Å². The Balaban J connectivity index is 0.000000179. The average Bonchev–Trinajstić information content (AvgIpc) is 3.21. The summed E-state index contributed by atoms with van der Waals surface area (Å²) in [5, 5.41) is 26.1. The van der Waals surface area contributed by atoms with Crippen molar-refractivity contribution < 1.29 is 32.6 Å². The minimum Gasteiger partial charge on any atom is -0.506 e. The van der Waals surface area contributed by atoms with Crippen molar-refractivity contribution in [2.45, 2.75) is 19.9 Å². The number of phenols is 2. The van der Waals surface area contributed by atoms with Crippen LogP contribution in [0.25, 0.3) is 21.8 Å². The van der Waals surface area contributed by atoms with Crippen LogP contribution >= 0.6 is 23.2 Å². The molecule has 0 aliphatic rings. The Morgan fingerprint density at radius 2 is 1.24 bits per heavy atom. The average molecular weight is 842 g/mol. The first-order valence-corrected chi connectivity index (χ1v) is 18.2. The van der Waals surface area contributed by atoms with Crippen LogP contribution in [0.15, 0.2) is 128 Å². The van der Waals surface area contributed by atoms with Gasteiger partial charge in [0.1, 0.15) is 57.4 Å². The van der Waals surface area contributed by atoms with Crippen molar-refractivity contribution in [2.24, 2.45) is 0 Å². The number of anilines is 2. The number of carbonyl (C=O) groups is 1. The molecule has 0 amide bonds. The zero-order chi connectivity index (χ0) is 42.6. The van der Waals surface area contributed by atoms with Crippen LogP contribution in [0, 0.1) is 37.1 Å². The normalized spacial score (nSPS) is 10.9. The van der Waals surface area contributed by atoms with Crippen LogP contribution in [0.1, 0.15) is 38.7 Å². The van der Waals surface area contributed by atoms with E-state index in [9.17, 15) is 32.6 Å². The summed E-state index contributed by atoms with van der Waals surface area (Å²) < 4.78 is 52.7. The van der Waals surface area contributed by atoms with Gasteiger partial charge in [-0.2, -0.15) is 0 Å². The number of rotatable bonds is 5. The number of nitrogens with two attached hydrogens (primary N) is 1. The van der Waals surface area contributed by atoms with E-state index in [-0.39, 0.29) is 22.6 Å². The number of para-hydroxylation sites is 1. The summed E-state index contributed by atoms with van der Waals surface area (Å²) in [5.41, 5.74) is 8.55. The van der Waals surface area contributed by atoms with Crippen LogP contribution in [0.4, 0.5) is 29.2 Å². The fourth-order valence-corrected chi connectivity index (χ4v) is 5.93. The fourth-order valence-electron chi connectivity index (χ4n) is 5.50. The summed E-state index contributed by atoms with van der Waals surface area (Å²) in [6.45, 7) is 3.68. The highest BCUT2D eigenvalue weighted by Crippen LogP contribution is 2.38. The molecule has 0 saturated carbocycles. The number of hydrogen-bond donors (Lipinski definition) is 4. The minimum absolute atomic E-state index is 0.0871. The minimum atomic E-state index is -0.839. The van der Waals surface area contributed by atoms with Crippen molar-refractivity contribution in [3.8, 4) is 11.5 Å². The molecule has 8 rings (SSSR count). The van der Waals surface area contributed by atoms with E-state index in [4.69, 9.17) is 28.9 Å². The molecule has 300 valence electrons. The number of nitrogens with zero attached hydrogens (tertiary/aromatic N) is 4. The summed E-state index contributed by atoms with van der Waals surface area (Å²) in [6, 6.07) is 25.0. The Hall–Kier alpha value is -6.83. The molecule has 1 atom stereocenters. The van der Waals surface area contributed by atoms with Crippen molar-refractivity contribution in [1.82, 2.24) is 19.9 Å². The zero-order valence-corrected chi connectivity index (χ0v) is 32.7. The fraction of sp³-hybridized carbons (Fsp3) is 0.0682. The Bertz CT molecular complexity index is 2740. The molecular weight excluding hydrogens is 807 g/mol. The SMILES string of the molecule is Cc1cc(Cl)cnc1N.Cc1cc(Cl)cnc1NC(c1ccc(F)cc1F)c1ccc2cccnc2c1O.O=Cc1ccc(F)cc1F.Oc1cccc2cccnc12. The van der Waals surface area contributed by atoms with Crippen LogP contribution in [-0.2, 0) is 0 Å². The standard InChI is InChI=1S/C22H16ClF2N3O.C9H7NO.C7H4F2O.C6H7ClN2/c1-12-9-14(23)11-27-22(12)28-20(16-7-5-15(24)10-18(16)25)17-6-4-13-3-2-8-26-19(13)21(17)29;11-8-5-1-3-7-4-2-6-10-9(7)8;8-6-2-1-5(4-10)7(9)3-6;1-4-2-5(7)3-9-6(4)8/h2-11,20,29H,1H3,(H,27,28);1-6,11H;1-4H;2-3H,1H3,(H2,8,9). The molecule has 0 bridgehead atoms. The van der Waals surface area contributed by atoms with Crippen molar-refractivity contribution in [1.29, 1.82) is 0 Å². The number of carbonyl (C=O) groups excluding carboxylic acids is 1. The molecule has 1 unspecified atom stereocenters. The van der Waals surface area contributed by atoms with E-state index in [1.54, 1.807) is 61.8 Å². The molecule has 9 nitrogen and oxygen atoms in total. The second-order valence-corrected chi connectivity index (χ2v) is 13.5. The first-order chi connectivity index (χ1) is 28.2. The monoisotopic (exact) mass is 840 g/mol. The van der Waals surface area contributed by atoms with Gasteiger partial charge in [-0.05, 0) is 73.5 Å². The smallest absolute Gasteiger partial charge is 0.152 e. The van der Waals surface area contributed by atoms with Crippen molar-refractivity contribution >= 4 is 62.9 Å². The second kappa shape index (κ2) is 20.0. The van der Waals surface area contributed by atoms with E-state index in [0.29, 0.717) is 50.6 Å². The highest BCUT2D eigenvalue weighted by atomic mass is 35.5. The van der Waals surface area contributed by atoms with E-state index in [0.717, 1.165) is 40.1 Å². The number of aromatic nitrogens is 4. The number of aromatic hydroxyl groups is 2. The molecule has 5 N–H and O–H groups in total. The van der Waals surface area contributed by atoms with E-state index >= 15 is 0 Å². The van der Waals surface area contributed by atoms with E-state index in [1.807, 2.05) is 31.2 Å². The summed E-state index contributed by atoms with van der Waals surface area (Å²) in [7, 11) is 0. The topological polar surface area (TPSA) is 147 Å². The van der Waals surface area contributed by atoms with Gasteiger partial charge >= 0.3 is 0 Å². The molecule has 4 aromatic carbocycles. The summed E-state index contributed by atoms with van der Waals surface area (Å²) in [4.78, 5) is 26.3. The van der Waals surface area contributed by atoms with Gasteiger partial charge in [-0.25, -0.2) is 27.5 Å². The number of halogens is 6. The largest absolute Gasteiger partial charge is 0.506 e. The molecule has 0 aliphatic carbocycles. The van der Waals surface area contributed by atoms with Crippen molar-refractivity contribution in [3.05, 3.63) is 189 Å². The molecule has 0 aliphatic heterocycles. The predicted molar refractivity (Wildman–Crippen MR) is 223 cm³/mol. The van der Waals surface area contributed by atoms with Crippen LogP contribution in [0.3, 0.4) is 0 Å². The van der Waals surface area contributed by atoms with Crippen molar-refractivity contribution in [2.75, 3.05) is 11.1 Å². The molecule has 4 aromatic heterocycles. The molecule has 8 aromatic rings. The molecule has 4 heterocycles. The van der Waals surface area contributed by atoms with Crippen LogP contribution in [0.2, 0.25) is 10.0 Å². The number of fused-ring (bicyclic) bond motifs is 2. The lowest BCUT2D eigenvalue weighted by atomic mass is 9.95. The Labute approximate surface area is 345 Å². The van der Waals surface area contributed by atoms with E-state index in [1.165, 1.54) is 24.5 Å². The Kier molecular flexibility index (Phi) is 14.7. The third kappa shape index (κ3) is 11.4. The maximum atomic E-state index is 14.7. The van der Waals surface area contributed by atoms with Gasteiger partial charge in [0, 0.05) is 58.8 Å². The molecular formula is C44H34Cl2F4N6O3. The molecule has 59 heavy (non-hydrogen) atoms. The first-order valence-electron chi connectivity index (χ1n) is 17.5. The first kappa shape index (κ1) is 43.3. The van der Waals surface area contributed by atoms with Crippen LogP contribution in [-0.4, -0.2) is 36.4 Å². The van der Waals surface area contributed by atoms with Gasteiger partial charge in [0.25, 0.3) is 0 Å². The molecule has 0 fully saturated rings. The van der Waals surface area contributed by atoms with E-state index in [2.05, 4.69) is 25.3 Å². The molecule has 0 radical (unpaired) electrons. The number of aldehydes is 1. The summed E-state index contributed by atoms with van der Waals surface area (Å²) in [6.07, 6.45) is 6.58. The highest BCUT2D eigenvalue weighted by molar-refractivity contribution is 6.30. The number of aryl methyl sites for hydroxylation is 2. The Morgan fingerprint density at radius 3 is 1.83 bits per heavy atom. The van der Waals surface area contributed by atoms with Gasteiger partial charge < -0.3 is 21.3 Å². The van der Waals surface area contributed by atoms with Gasteiger partial charge in [-0.3, -0.25) is 14.8 Å². The lowest BCUT2D eigenvalue weighted by Crippen LogP contribution is -2.16. The predicted octanol–water partition coefficient (Wildman–Crippen LogP) is 11.1. The third-order valence-electron chi connectivity index (χ3n) is 8.48. The van der Waals surface area contributed by atoms with Crippen molar-refractivity contribution in [3.63, 3.8) is 0 Å². The maximum Gasteiger partial charge on any atom is 0.152 e. The molecule has 0 spiro atoms. The second-order valence-electron chi connectivity index (χ2n) is 12.6. The molecule has 0 saturated heterocycles. The number of nitrogen functional groups attached to an aromatic ring is 1. The number of benzene rings is 4.